The van der Waals surface area contributed by atoms with Gasteiger partial charge in [-0.25, -0.2) is 0 Å². The van der Waals surface area contributed by atoms with Crippen molar-refractivity contribution < 1.29 is 4.79 Å². The van der Waals surface area contributed by atoms with Crippen molar-refractivity contribution >= 4 is 17.7 Å². The number of para-hydroxylation sites is 1. The molecule has 5 nitrogen and oxygen atoms in total. The van der Waals surface area contributed by atoms with Crippen LogP contribution in [-0.4, -0.2) is 44.4 Å². The maximum absolute atomic E-state index is 12.5. The van der Waals surface area contributed by atoms with Crippen LogP contribution in [-0.2, 0) is 4.79 Å². The zero-order valence-electron chi connectivity index (χ0n) is 13.6. The summed E-state index contributed by atoms with van der Waals surface area (Å²) in [5.74, 6) is 1.77. The third-order valence-electron chi connectivity index (χ3n) is 4.10. The number of rotatable bonds is 4. The largest absolute Gasteiger partial charge is 0.341 e. The van der Waals surface area contributed by atoms with E-state index in [0.29, 0.717) is 17.6 Å². The lowest BCUT2D eigenvalue weighted by atomic mass is 9.92. The monoisotopic (exact) mass is 330 g/mol. The molecule has 1 aliphatic heterocycles. The lowest BCUT2D eigenvalue weighted by molar-refractivity contribution is -0.130. The summed E-state index contributed by atoms with van der Waals surface area (Å²) in [5.41, 5.74) is 1.01. The van der Waals surface area contributed by atoms with E-state index < -0.39 is 0 Å². The number of benzene rings is 1. The molecular formula is C17H22N4OS. The number of piperidine rings is 1. The van der Waals surface area contributed by atoms with Gasteiger partial charge in [-0.1, -0.05) is 43.8 Å². The molecule has 1 amide bonds. The average Bonchev–Trinajstić information content (AvgIpc) is 3.01. The van der Waals surface area contributed by atoms with E-state index in [1.54, 1.807) is 6.33 Å². The Labute approximate surface area is 141 Å². The second-order valence-electron chi connectivity index (χ2n) is 6.35. The van der Waals surface area contributed by atoms with Crippen LogP contribution >= 0.6 is 11.8 Å². The van der Waals surface area contributed by atoms with Crippen LogP contribution in [0.1, 0.15) is 20.3 Å². The molecule has 2 unspecified atom stereocenters. The second-order valence-corrected chi connectivity index (χ2v) is 7.30. The lowest BCUT2D eigenvalue weighted by Crippen LogP contribution is -2.43. The zero-order chi connectivity index (χ0) is 16.2. The fraction of sp³-hybridized carbons (Fsp3) is 0.471. The van der Waals surface area contributed by atoms with Crippen LogP contribution in [0.4, 0.5) is 0 Å². The molecule has 1 saturated heterocycles. The number of thioether (sulfide) groups is 1. The van der Waals surface area contributed by atoms with Gasteiger partial charge in [0.05, 0.1) is 5.75 Å². The molecule has 0 aliphatic carbocycles. The smallest absolute Gasteiger partial charge is 0.233 e. The summed E-state index contributed by atoms with van der Waals surface area (Å²) < 4.78 is 1.92. The van der Waals surface area contributed by atoms with Gasteiger partial charge in [0, 0.05) is 18.8 Å². The highest BCUT2D eigenvalue weighted by molar-refractivity contribution is 7.99. The van der Waals surface area contributed by atoms with Crippen molar-refractivity contribution in [2.24, 2.45) is 11.8 Å². The van der Waals surface area contributed by atoms with Gasteiger partial charge in [-0.15, -0.1) is 10.2 Å². The Bertz CT molecular complexity index is 648. The Morgan fingerprint density at radius 2 is 1.91 bits per heavy atom. The molecule has 1 aliphatic rings. The van der Waals surface area contributed by atoms with E-state index in [0.717, 1.165) is 23.9 Å². The molecule has 122 valence electrons. The van der Waals surface area contributed by atoms with E-state index >= 15 is 0 Å². The van der Waals surface area contributed by atoms with E-state index in [9.17, 15) is 4.79 Å². The van der Waals surface area contributed by atoms with Crippen LogP contribution in [0.5, 0.6) is 0 Å². The van der Waals surface area contributed by atoms with Gasteiger partial charge < -0.3 is 4.90 Å². The topological polar surface area (TPSA) is 51.0 Å². The molecule has 1 fully saturated rings. The molecule has 0 saturated carbocycles. The van der Waals surface area contributed by atoms with Gasteiger partial charge in [-0.2, -0.15) is 0 Å². The standard InChI is InChI=1S/C17H22N4OS/c1-13-8-14(2)10-20(9-13)16(22)11-23-17-19-18-12-21(17)15-6-4-3-5-7-15/h3-7,12-14H,8-11H2,1-2H3. The Kier molecular flexibility index (Phi) is 5.00. The fourth-order valence-electron chi connectivity index (χ4n) is 3.17. The van der Waals surface area contributed by atoms with Gasteiger partial charge in [0.15, 0.2) is 5.16 Å². The summed E-state index contributed by atoms with van der Waals surface area (Å²) in [5, 5.41) is 8.88. The Morgan fingerprint density at radius 1 is 1.22 bits per heavy atom. The van der Waals surface area contributed by atoms with Crippen molar-refractivity contribution in [1.29, 1.82) is 0 Å². The van der Waals surface area contributed by atoms with E-state index in [1.165, 1.54) is 18.2 Å². The number of likely N-dealkylation sites (tertiary alicyclic amines) is 1. The Morgan fingerprint density at radius 3 is 2.61 bits per heavy atom. The molecule has 0 spiro atoms. The minimum absolute atomic E-state index is 0.191. The maximum Gasteiger partial charge on any atom is 0.233 e. The highest BCUT2D eigenvalue weighted by atomic mass is 32.2. The van der Waals surface area contributed by atoms with Gasteiger partial charge >= 0.3 is 0 Å². The average molecular weight is 330 g/mol. The van der Waals surface area contributed by atoms with Crippen molar-refractivity contribution in [2.45, 2.75) is 25.4 Å². The van der Waals surface area contributed by atoms with Gasteiger partial charge in [0.2, 0.25) is 5.91 Å². The van der Waals surface area contributed by atoms with Gasteiger partial charge in [-0.05, 0) is 30.4 Å². The summed E-state index contributed by atoms with van der Waals surface area (Å²) in [7, 11) is 0. The first-order valence-electron chi connectivity index (χ1n) is 7.99. The molecule has 0 N–H and O–H groups in total. The minimum atomic E-state index is 0.191. The van der Waals surface area contributed by atoms with Gasteiger partial charge in [0.1, 0.15) is 6.33 Å². The van der Waals surface area contributed by atoms with Crippen molar-refractivity contribution in [3.8, 4) is 5.69 Å². The van der Waals surface area contributed by atoms with Crippen LogP contribution in [0, 0.1) is 11.8 Å². The summed E-state index contributed by atoms with van der Waals surface area (Å²) in [6, 6.07) is 9.94. The molecule has 1 aromatic heterocycles. The number of nitrogens with zero attached hydrogens (tertiary/aromatic N) is 4. The van der Waals surface area contributed by atoms with E-state index in [4.69, 9.17) is 0 Å². The number of hydrogen-bond acceptors (Lipinski definition) is 4. The molecule has 0 radical (unpaired) electrons. The second kappa shape index (κ2) is 7.17. The Hall–Kier alpha value is -1.82. The normalized spacial score (nSPS) is 21.4. The predicted octanol–water partition coefficient (Wildman–Crippen LogP) is 2.86. The number of aromatic nitrogens is 3. The summed E-state index contributed by atoms with van der Waals surface area (Å²) in [4.78, 5) is 14.5. The number of hydrogen-bond donors (Lipinski definition) is 0. The third-order valence-corrected chi connectivity index (χ3v) is 5.02. The summed E-state index contributed by atoms with van der Waals surface area (Å²) >= 11 is 1.45. The first-order chi connectivity index (χ1) is 11.1. The third kappa shape index (κ3) is 3.93. The fourth-order valence-corrected chi connectivity index (χ4v) is 4.00. The predicted molar refractivity (Wildman–Crippen MR) is 91.6 cm³/mol. The SMILES string of the molecule is CC1CC(C)CN(C(=O)CSc2nncn2-c2ccccc2)C1. The highest BCUT2D eigenvalue weighted by Crippen LogP contribution is 2.23. The molecule has 3 rings (SSSR count). The van der Waals surface area contributed by atoms with Gasteiger partial charge in [0.25, 0.3) is 0 Å². The highest BCUT2D eigenvalue weighted by Gasteiger charge is 2.25. The van der Waals surface area contributed by atoms with Crippen molar-refractivity contribution in [2.75, 3.05) is 18.8 Å². The molecule has 0 bridgehead atoms. The molecule has 6 heteroatoms. The lowest BCUT2D eigenvalue weighted by Gasteiger charge is -2.34. The molecular weight excluding hydrogens is 308 g/mol. The first-order valence-corrected chi connectivity index (χ1v) is 8.98. The van der Waals surface area contributed by atoms with E-state index in [2.05, 4.69) is 24.0 Å². The molecule has 23 heavy (non-hydrogen) atoms. The first kappa shape index (κ1) is 16.1. The zero-order valence-corrected chi connectivity index (χ0v) is 14.4. The van der Waals surface area contributed by atoms with Crippen molar-refractivity contribution in [1.82, 2.24) is 19.7 Å². The summed E-state index contributed by atoms with van der Waals surface area (Å²) in [6.45, 7) is 6.18. The van der Waals surface area contributed by atoms with Crippen LogP contribution in [0.2, 0.25) is 0 Å². The maximum atomic E-state index is 12.5. The molecule has 1 aromatic carbocycles. The molecule has 2 aromatic rings. The number of carbonyl (C=O) groups is 1. The van der Waals surface area contributed by atoms with Gasteiger partial charge in [-0.3, -0.25) is 9.36 Å². The quantitative estimate of drug-likeness (QED) is 0.809. The van der Waals surface area contributed by atoms with Crippen LogP contribution in [0.25, 0.3) is 5.69 Å². The summed E-state index contributed by atoms with van der Waals surface area (Å²) in [6.07, 6.45) is 2.90. The van der Waals surface area contributed by atoms with Crippen molar-refractivity contribution in [3.05, 3.63) is 36.7 Å². The van der Waals surface area contributed by atoms with Crippen LogP contribution in [0.15, 0.2) is 41.8 Å². The van der Waals surface area contributed by atoms with Crippen LogP contribution < -0.4 is 0 Å². The van der Waals surface area contributed by atoms with Crippen LogP contribution in [0.3, 0.4) is 0 Å². The molecule has 2 heterocycles. The number of carbonyl (C=O) groups excluding carboxylic acids is 1. The number of amides is 1. The molecule has 2 atom stereocenters. The Balaban J connectivity index is 1.63. The minimum Gasteiger partial charge on any atom is -0.341 e. The van der Waals surface area contributed by atoms with Crippen molar-refractivity contribution in [3.63, 3.8) is 0 Å². The van der Waals surface area contributed by atoms with E-state index in [-0.39, 0.29) is 5.91 Å². The van der Waals surface area contributed by atoms with E-state index in [1.807, 2.05) is 39.8 Å².